The van der Waals surface area contributed by atoms with Gasteiger partial charge in [0.15, 0.2) is 23.4 Å². The number of fused-ring (bicyclic) bond motifs is 1. The van der Waals surface area contributed by atoms with E-state index in [2.05, 4.69) is 10.5 Å². The Labute approximate surface area is 146 Å². The van der Waals surface area contributed by atoms with Crippen LogP contribution in [0.2, 0.25) is 0 Å². The van der Waals surface area contributed by atoms with E-state index in [-0.39, 0.29) is 29.7 Å². The number of nitrogens with zero attached hydrogens (tertiary/aromatic N) is 2. The first-order valence-corrected chi connectivity index (χ1v) is 7.38. The Balaban J connectivity index is 1.75. The molecule has 11 heteroatoms. The third-order valence-electron chi connectivity index (χ3n) is 3.44. The van der Waals surface area contributed by atoms with E-state index in [9.17, 15) is 19.7 Å². The van der Waals surface area contributed by atoms with Crippen LogP contribution in [0.25, 0.3) is 0 Å². The minimum absolute atomic E-state index is 0.110. The standard InChI is InChI=1S/C15H13N3O8/c1-7-3-13(17-26-7)16-14(19)8(2)25-15(20)9-4-11-12(24-6-23-11)5-10(9)18(21)22/h3-5,8H,6H2,1-2H3,(H,16,17,19). The lowest BCUT2D eigenvalue weighted by molar-refractivity contribution is -0.385. The number of hydrogen-bond acceptors (Lipinski definition) is 9. The molecule has 1 atom stereocenters. The van der Waals surface area contributed by atoms with Crippen molar-refractivity contribution in [3.63, 3.8) is 0 Å². The molecule has 2 aromatic rings. The van der Waals surface area contributed by atoms with E-state index in [1.165, 1.54) is 13.0 Å². The summed E-state index contributed by atoms with van der Waals surface area (Å²) in [5.74, 6) is -0.743. The second kappa shape index (κ2) is 6.70. The molecule has 0 saturated heterocycles. The second-order valence-electron chi connectivity index (χ2n) is 5.34. The Kier molecular flexibility index (Phi) is 4.43. The molecule has 136 valence electrons. The fraction of sp³-hybridized carbons (Fsp3) is 0.267. The van der Waals surface area contributed by atoms with Crippen LogP contribution in [-0.2, 0) is 9.53 Å². The van der Waals surface area contributed by atoms with Gasteiger partial charge in [-0.3, -0.25) is 14.9 Å². The van der Waals surface area contributed by atoms with E-state index in [4.69, 9.17) is 18.7 Å². The predicted molar refractivity (Wildman–Crippen MR) is 84.0 cm³/mol. The van der Waals surface area contributed by atoms with Crippen LogP contribution < -0.4 is 14.8 Å². The molecule has 0 fully saturated rings. The van der Waals surface area contributed by atoms with E-state index < -0.39 is 28.6 Å². The van der Waals surface area contributed by atoms with Crippen LogP contribution in [0.1, 0.15) is 23.0 Å². The van der Waals surface area contributed by atoms with Gasteiger partial charge in [-0.05, 0) is 13.8 Å². The van der Waals surface area contributed by atoms with Crippen molar-refractivity contribution in [2.24, 2.45) is 0 Å². The van der Waals surface area contributed by atoms with Crippen LogP contribution in [0.5, 0.6) is 11.5 Å². The summed E-state index contributed by atoms with van der Waals surface area (Å²) >= 11 is 0. The van der Waals surface area contributed by atoms with Gasteiger partial charge in [-0.15, -0.1) is 0 Å². The lowest BCUT2D eigenvalue weighted by Crippen LogP contribution is -2.30. The molecule has 3 rings (SSSR count). The molecular weight excluding hydrogens is 350 g/mol. The molecule has 0 radical (unpaired) electrons. The van der Waals surface area contributed by atoms with E-state index in [0.717, 1.165) is 12.1 Å². The van der Waals surface area contributed by atoms with Crippen molar-refractivity contribution in [3.8, 4) is 11.5 Å². The molecule has 1 aromatic heterocycles. The fourth-order valence-corrected chi connectivity index (χ4v) is 2.18. The largest absolute Gasteiger partial charge is 0.454 e. The van der Waals surface area contributed by atoms with Crippen LogP contribution in [0.4, 0.5) is 11.5 Å². The van der Waals surface area contributed by atoms with Gasteiger partial charge in [0.25, 0.3) is 11.6 Å². The summed E-state index contributed by atoms with van der Waals surface area (Å²) < 4.78 is 20.0. The fourth-order valence-electron chi connectivity index (χ4n) is 2.18. The number of amides is 1. The van der Waals surface area contributed by atoms with E-state index >= 15 is 0 Å². The number of aromatic nitrogens is 1. The van der Waals surface area contributed by atoms with Gasteiger partial charge in [-0.25, -0.2) is 4.79 Å². The first-order valence-electron chi connectivity index (χ1n) is 7.38. The molecule has 1 unspecified atom stereocenters. The maximum Gasteiger partial charge on any atom is 0.346 e. The summed E-state index contributed by atoms with van der Waals surface area (Å²) in [5.41, 5.74) is -0.866. The zero-order valence-corrected chi connectivity index (χ0v) is 13.7. The molecule has 11 nitrogen and oxygen atoms in total. The first kappa shape index (κ1) is 17.2. The van der Waals surface area contributed by atoms with Crippen molar-refractivity contribution >= 4 is 23.4 Å². The van der Waals surface area contributed by atoms with Crippen molar-refractivity contribution in [1.29, 1.82) is 0 Å². The zero-order chi connectivity index (χ0) is 18.8. The third kappa shape index (κ3) is 3.41. The molecule has 26 heavy (non-hydrogen) atoms. The number of nitro groups is 1. The van der Waals surface area contributed by atoms with Crippen LogP contribution in [0, 0.1) is 17.0 Å². The normalized spacial score (nSPS) is 13.2. The van der Waals surface area contributed by atoms with E-state index in [1.54, 1.807) is 6.92 Å². The minimum Gasteiger partial charge on any atom is -0.454 e. The second-order valence-corrected chi connectivity index (χ2v) is 5.34. The molecule has 1 aliphatic heterocycles. The number of carbonyl (C=O) groups excluding carboxylic acids is 2. The SMILES string of the molecule is Cc1cc(NC(=O)C(C)OC(=O)c2cc3c(cc2[N+](=O)[O-])OCO3)no1. The highest BCUT2D eigenvalue weighted by molar-refractivity contribution is 5.99. The highest BCUT2D eigenvalue weighted by Gasteiger charge is 2.30. The van der Waals surface area contributed by atoms with Gasteiger partial charge >= 0.3 is 5.97 Å². The molecule has 1 amide bonds. The molecule has 1 aromatic carbocycles. The Bertz CT molecular complexity index is 891. The number of aryl methyl sites for hydroxylation is 1. The summed E-state index contributed by atoms with van der Waals surface area (Å²) in [6.07, 6.45) is -1.23. The number of benzene rings is 1. The molecule has 0 spiro atoms. The number of nitro benzene ring substituents is 1. The van der Waals surface area contributed by atoms with Gasteiger partial charge in [-0.1, -0.05) is 5.16 Å². The van der Waals surface area contributed by atoms with E-state index in [0.29, 0.717) is 5.76 Å². The highest BCUT2D eigenvalue weighted by Crippen LogP contribution is 2.38. The molecule has 0 aliphatic carbocycles. The van der Waals surface area contributed by atoms with Crippen molar-refractivity contribution < 1.29 is 33.2 Å². The van der Waals surface area contributed by atoms with Crippen LogP contribution in [-0.4, -0.2) is 34.9 Å². The Morgan fingerprint density at radius 1 is 1.31 bits per heavy atom. The summed E-state index contributed by atoms with van der Waals surface area (Å²) in [6.45, 7) is 2.85. The van der Waals surface area contributed by atoms with Crippen molar-refractivity contribution in [2.75, 3.05) is 12.1 Å². The van der Waals surface area contributed by atoms with Crippen molar-refractivity contribution in [1.82, 2.24) is 5.16 Å². The van der Waals surface area contributed by atoms with Gasteiger partial charge in [0.1, 0.15) is 11.3 Å². The van der Waals surface area contributed by atoms with Crippen molar-refractivity contribution in [2.45, 2.75) is 20.0 Å². The Hall–Kier alpha value is -3.63. The molecule has 1 aliphatic rings. The van der Waals surface area contributed by atoms with Crippen LogP contribution in [0.15, 0.2) is 22.7 Å². The van der Waals surface area contributed by atoms with Crippen LogP contribution >= 0.6 is 0 Å². The summed E-state index contributed by atoms with van der Waals surface area (Å²) in [6, 6.07) is 3.70. The monoisotopic (exact) mass is 363 g/mol. The molecular formula is C15H13N3O8. The van der Waals surface area contributed by atoms with Crippen molar-refractivity contribution in [3.05, 3.63) is 39.6 Å². The van der Waals surface area contributed by atoms with Gasteiger partial charge < -0.3 is 24.1 Å². The van der Waals surface area contributed by atoms with Gasteiger partial charge in [0.05, 0.1) is 11.0 Å². The van der Waals surface area contributed by atoms with Gasteiger partial charge in [0, 0.05) is 12.1 Å². The zero-order valence-electron chi connectivity index (χ0n) is 13.7. The summed E-state index contributed by atoms with van der Waals surface area (Å²) in [7, 11) is 0. The van der Waals surface area contributed by atoms with Gasteiger partial charge in [-0.2, -0.15) is 0 Å². The average Bonchev–Trinajstić information content (AvgIpc) is 3.21. The molecule has 2 heterocycles. The van der Waals surface area contributed by atoms with Gasteiger partial charge in [0.2, 0.25) is 6.79 Å². The molecule has 0 bridgehead atoms. The average molecular weight is 363 g/mol. The van der Waals surface area contributed by atoms with Crippen LogP contribution in [0.3, 0.4) is 0 Å². The lowest BCUT2D eigenvalue weighted by Gasteiger charge is -2.12. The van der Waals surface area contributed by atoms with E-state index in [1.807, 2.05) is 0 Å². The minimum atomic E-state index is -1.23. The Morgan fingerprint density at radius 3 is 2.62 bits per heavy atom. The molecule has 0 saturated carbocycles. The number of ether oxygens (including phenoxy) is 3. The lowest BCUT2D eigenvalue weighted by atomic mass is 10.1. The third-order valence-corrected chi connectivity index (χ3v) is 3.44. The number of hydrogen-bond donors (Lipinski definition) is 1. The maximum atomic E-state index is 12.3. The number of rotatable bonds is 5. The summed E-state index contributed by atoms with van der Waals surface area (Å²) in [4.78, 5) is 34.8. The number of anilines is 1. The quantitative estimate of drug-likeness (QED) is 0.477. The first-order chi connectivity index (χ1) is 12.3. The summed E-state index contributed by atoms with van der Waals surface area (Å²) in [5, 5.41) is 17.2. The molecule has 1 N–H and O–H groups in total. The number of carbonyl (C=O) groups is 2. The smallest absolute Gasteiger partial charge is 0.346 e. The predicted octanol–water partition coefficient (Wildman–Crippen LogP) is 1.80. The highest BCUT2D eigenvalue weighted by atomic mass is 16.7. The number of esters is 1. The maximum absolute atomic E-state index is 12.3. The Morgan fingerprint density at radius 2 is 2.00 bits per heavy atom. The topological polar surface area (TPSA) is 143 Å². The number of nitrogens with one attached hydrogen (secondary N) is 1.